The molecule has 1 aliphatic heterocycles. The Balaban J connectivity index is 1.39. The van der Waals surface area contributed by atoms with Gasteiger partial charge in [0.1, 0.15) is 11.5 Å². The van der Waals surface area contributed by atoms with Crippen LogP contribution in [-0.4, -0.2) is 22.5 Å². The van der Waals surface area contributed by atoms with E-state index < -0.39 is 0 Å². The van der Waals surface area contributed by atoms with Crippen molar-refractivity contribution in [1.29, 1.82) is 0 Å². The molecule has 28 heavy (non-hydrogen) atoms. The van der Waals surface area contributed by atoms with Gasteiger partial charge in [0, 0.05) is 10.6 Å². The zero-order valence-corrected chi connectivity index (χ0v) is 16.3. The molecule has 4 rings (SSSR count). The Kier molecular flexibility index (Phi) is 5.60. The molecule has 1 amide bonds. The van der Waals surface area contributed by atoms with Gasteiger partial charge in [0.25, 0.3) is 0 Å². The van der Waals surface area contributed by atoms with Crippen LogP contribution in [0.25, 0.3) is 11.3 Å². The molecular formula is C21H16ClN3O2S. The Hall–Kier alpha value is -2.83. The Bertz CT molecular complexity index is 1050. The van der Waals surface area contributed by atoms with Crippen molar-refractivity contribution in [2.24, 2.45) is 10.2 Å². The van der Waals surface area contributed by atoms with E-state index in [-0.39, 0.29) is 11.2 Å². The second-order valence-corrected chi connectivity index (χ2v) is 7.78. The van der Waals surface area contributed by atoms with E-state index in [0.29, 0.717) is 28.1 Å². The zero-order chi connectivity index (χ0) is 19.3. The first-order valence-electron chi connectivity index (χ1n) is 8.65. The molecule has 2 heterocycles. The second kappa shape index (κ2) is 8.46. The van der Waals surface area contributed by atoms with Crippen molar-refractivity contribution in [3.8, 4) is 11.3 Å². The minimum Gasteiger partial charge on any atom is -0.455 e. The molecule has 140 valence electrons. The van der Waals surface area contributed by atoms with Crippen LogP contribution in [-0.2, 0) is 11.2 Å². The fourth-order valence-electron chi connectivity index (χ4n) is 2.77. The fourth-order valence-corrected chi connectivity index (χ4v) is 3.93. The lowest BCUT2D eigenvalue weighted by molar-refractivity contribution is -0.118. The number of hydrogen-bond donors (Lipinski definition) is 1. The van der Waals surface area contributed by atoms with E-state index in [1.54, 1.807) is 6.07 Å². The van der Waals surface area contributed by atoms with Gasteiger partial charge in [-0.05, 0) is 36.2 Å². The highest BCUT2D eigenvalue weighted by Gasteiger charge is 2.30. The molecule has 5 nitrogen and oxygen atoms in total. The number of carbonyl (C=O) groups is 1. The number of amides is 1. The predicted molar refractivity (Wildman–Crippen MR) is 114 cm³/mol. The van der Waals surface area contributed by atoms with Gasteiger partial charge in [-0.15, -0.1) is 5.10 Å². The number of hydrogen-bond acceptors (Lipinski definition) is 5. The molecule has 1 saturated heterocycles. The Morgan fingerprint density at radius 1 is 1.11 bits per heavy atom. The summed E-state index contributed by atoms with van der Waals surface area (Å²) in [5.41, 5.74) is 2.00. The summed E-state index contributed by atoms with van der Waals surface area (Å²) in [6.07, 6.45) is 2.17. The third-order valence-corrected chi connectivity index (χ3v) is 5.42. The lowest BCUT2D eigenvalue weighted by atomic mass is 10.1. The summed E-state index contributed by atoms with van der Waals surface area (Å²) in [6, 6.07) is 21.0. The minimum atomic E-state index is -0.200. The number of nitrogens with zero attached hydrogens (tertiary/aromatic N) is 2. The molecule has 0 radical (unpaired) electrons. The van der Waals surface area contributed by atoms with Crippen molar-refractivity contribution in [2.45, 2.75) is 11.7 Å². The highest BCUT2D eigenvalue weighted by Crippen LogP contribution is 2.25. The third-order valence-electron chi connectivity index (χ3n) is 4.11. The molecule has 2 aromatic carbocycles. The molecule has 1 aromatic heterocycles. The van der Waals surface area contributed by atoms with Gasteiger partial charge in [-0.3, -0.25) is 4.79 Å². The monoisotopic (exact) mass is 409 g/mol. The van der Waals surface area contributed by atoms with Crippen LogP contribution in [0.2, 0.25) is 5.02 Å². The fraction of sp³-hybridized carbons (Fsp3) is 0.0952. The van der Waals surface area contributed by atoms with Crippen molar-refractivity contribution < 1.29 is 9.21 Å². The van der Waals surface area contributed by atoms with Crippen LogP contribution >= 0.6 is 23.4 Å². The van der Waals surface area contributed by atoms with Crippen molar-refractivity contribution in [2.75, 3.05) is 0 Å². The number of rotatable bonds is 5. The van der Waals surface area contributed by atoms with Crippen LogP contribution in [0, 0.1) is 0 Å². The van der Waals surface area contributed by atoms with E-state index >= 15 is 0 Å². The standard InChI is InChI=1S/C21H16ClN3O2S/c22-16-8-4-7-15(12-16)18-10-9-17(27-18)13-23-25-21-24-20(26)19(28-21)11-14-5-2-1-3-6-14/h1-10,12-13,19H,11H2,(H,24,25,26)/b23-13-/t19-/m1/s1. The van der Waals surface area contributed by atoms with Gasteiger partial charge >= 0.3 is 0 Å². The van der Waals surface area contributed by atoms with Gasteiger partial charge in [-0.2, -0.15) is 5.10 Å². The lowest BCUT2D eigenvalue weighted by Crippen LogP contribution is -2.25. The molecule has 7 heteroatoms. The van der Waals surface area contributed by atoms with Crippen LogP contribution < -0.4 is 5.32 Å². The van der Waals surface area contributed by atoms with Crippen LogP contribution in [0.5, 0.6) is 0 Å². The number of thioether (sulfide) groups is 1. The highest BCUT2D eigenvalue weighted by atomic mass is 35.5. The first-order chi connectivity index (χ1) is 13.7. The molecule has 1 aliphatic rings. The molecular weight excluding hydrogens is 394 g/mol. The van der Waals surface area contributed by atoms with Crippen LogP contribution in [0.15, 0.2) is 81.4 Å². The van der Waals surface area contributed by atoms with Gasteiger partial charge in [-0.25, -0.2) is 0 Å². The Morgan fingerprint density at radius 3 is 2.79 bits per heavy atom. The second-order valence-electron chi connectivity index (χ2n) is 6.15. The molecule has 0 bridgehead atoms. The largest absolute Gasteiger partial charge is 0.455 e. The van der Waals surface area contributed by atoms with Gasteiger partial charge in [0.05, 0.1) is 11.5 Å². The van der Waals surface area contributed by atoms with Crippen molar-refractivity contribution in [3.63, 3.8) is 0 Å². The summed E-state index contributed by atoms with van der Waals surface area (Å²) < 4.78 is 5.74. The minimum absolute atomic E-state index is 0.0518. The van der Waals surface area contributed by atoms with E-state index in [9.17, 15) is 4.79 Å². The number of amidine groups is 1. The van der Waals surface area contributed by atoms with E-state index in [1.165, 1.54) is 18.0 Å². The van der Waals surface area contributed by atoms with E-state index in [1.807, 2.05) is 60.7 Å². The first kappa shape index (κ1) is 18.5. The summed E-state index contributed by atoms with van der Waals surface area (Å²) in [6.45, 7) is 0. The quantitative estimate of drug-likeness (QED) is 0.487. The number of halogens is 1. The van der Waals surface area contributed by atoms with E-state index in [4.69, 9.17) is 16.0 Å². The van der Waals surface area contributed by atoms with Gasteiger partial charge in [0.15, 0.2) is 5.17 Å². The highest BCUT2D eigenvalue weighted by molar-refractivity contribution is 8.15. The summed E-state index contributed by atoms with van der Waals surface area (Å²) in [4.78, 5) is 12.1. The maximum Gasteiger partial charge on any atom is 0.239 e. The van der Waals surface area contributed by atoms with Crippen LogP contribution in [0.4, 0.5) is 0 Å². The van der Waals surface area contributed by atoms with Gasteiger partial charge in [0.2, 0.25) is 5.91 Å². The number of nitrogens with one attached hydrogen (secondary N) is 1. The maximum atomic E-state index is 12.1. The zero-order valence-electron chi connectivity index (χ0n) is 14.7. The summed E-state index contributed by atoms with van der Waals surface area (Å²) in [5, 5.41) is 11.8. The topological polar surface area (TPSA) is 67.0 Å². The van der Waals surface area contributed by atoms with Crippen molar-refractivity contribution >= 4 is 40.7 Å². The molecule has 0 aliphatic carbocycles. The average Bonchev–Trinajstić information content (AvgIpc) is 3.30. The molecule has 0 saturated carbocycles. The van der Waals surface area contributed by atoms with Crippen LogP contribution in [0.3, 0.4) is 0 Å². The molecule has 1 atom stereocenters. The first-order valence-corrected chi connectivity index (χ1v) is 9.91. The number of carbonyl (C=O) groups excluding carboxylic acids is 1. The summed E-state index contributed by atoms with van der Waals surface area (Å²) in [5.74, 6) is 1.21. The molecule has 1 N–H and O–H groups in total. The maximum absolute atomic E-state index is 12.1. The summed E-state index contributed by atoms with van der Waals surface area (Å²) in [7, 11) is 0. The Morgan fingerprint density at radius 2 is 1.96 bits per heavy atom. The molecule has 0 spiro atoms. The normalized spacial score (nSPS) is 18.1. The summed E-state index contributed by atoms with van der Waals surface area (Å²) >= 11 is 7.39. The smallest absolute Gasteiger partial charge is 0.239 e. The molecule has 0 unspecified atom stereocenters. The number of benzene rings is 2. The lowest BCUT2D eigenvalue weighted by Gasteiger charge is -2.04. The van der Waals surface area contributed by atoms with Crippen molar-refractivity contribution in [3.05, 3.63) is 83.1 Å². The van der Waals surface area contributed by atoms with E-state index in [0.717, 1.165) is 11.1 Å². The average molecular weight is 410 g/mol. The number of furan rings is 1. The molecule has 1 fully saturated rings. The predicted octanol–water partition coefficient (Wildman–Crippen LogP) is 4.76. The van der Waals surface area contributed by atoms with Gasteiger partial charge in [-0.1, -0.05) is 65.8 Å². The SMILES string of the molecule is O=C1N/C(=N/N=C\c2ccc(-c3cccc(Cl)c3)o2)S[C@@H]1Cc1ccccc1. The third kappa shape index (κ3) is 4.52. The van der Waals surface area contributed by atoms with Crippen LogP contribution in [0.1, 0.15) is 11.3 Å². The van der Waals surface area contributed by atoms with Gasteiger partial charge < -0.3 is 9.73 Å². The van der Waals surface area contributed by atoms with E-state index in [2.05, 4.69) is 15.5 Å². The molecule has 3 aromatic rings. The van der Waals surface area contributed by atoms with Crippen molar-refractivity contribution in [1.82, 2.24) is 5.32 Å². The Labute approximate surface area is 171 Å².